The second-order valence-electron chi connectivity index (χ2n) is 6.22. The van der Waals surface area contributed by atoms with Crippen LogP contribution in [0.2, 0.25) is 0 Å². The Morgan fingerprint density at radius 1 is 1.32 bits per heavy atom. The molecule has 1 aliphatic rings. The number of ether oxygens (including phenoxy) is 1. The summed E-state index contributed by atoms with van der Waals surface area (Å²) >= 11 is 0. The van der Waals surface area contributed by atoms with Gasteiger partial charge in [-0.3, -0.25) is 9.88 Å². The smallest absolute Gasteiger partial charge is 0.0705 e. The molecule has 4 heteroatoms. The van der Waals surface area contributed by atoms with Crippen LogP contribution in [0.5, 0.6) is 0 Å². The van der Waals surface area contributed by atoms with Crippen LogP contribution in [0.25, 0.3) is 10.9 Å². The van der Waals surface area contributed by atoms with Gasteiger partial charge in [-0.1, -0.05) is 12.1 Å². The van der Waals surface area contributed by atoms with E-state index in [0.717, 1.165) is 37.1 Å². The lowest BCUT2D eigenvalue weighted by molar-refractivity contribution is 0.0102. The maximum absolute atomic E-state index is 5.96. The van der Waals surface area contributed by atoms with Gasteiger partial charge in [-0.05, 0) is 43.5 Å². The van der Waals surface area contributed by atoms with Crippen LogP contribution in [0, 0.1) is 6.92 Å². The van der Waals surface area contributed by atoms with E-state index in [0.29, 0.717) is 18.7 Å². The molecule has 2 atom stereocenters. The normalized spacial score (nSPS) is 23.0. The maximum Gasteiger partial charge on any atom is 0.0705 e. The van der Waals surface area contributed by atoms with Crippen molar-refractivity contribution in [1.29, 1.82) is 0 Å². The molecular formula is C18H25N3O. The number of rotatable bonds is 4. The number of benzene rings is 1. The second-order valence-corrected chi connectivity index (χ2v) is 6.22. The molecule has 2 aromatic rings. The molecule has 0 radical (unpaired) electrons. The number of hydrogen-bond donors (Lipinski definition) is 1. The number of aromatic nitrogens is 1. The van der Waals surface area contributed by atoms with Crippen LogP contribution in [-0.4, -0.2) is 42.2 Å². The zero-order chi connectivity index (χ0) is 15.5. The third-order valence-electron chi connectivity index (χ3n) is 4.67. The van der Waals surface area contributed by atoms with Crippen LogP contribution in [0.3, 0.4) is 0 Å². The monoisotopic (exact) mass is 299 g/mol. The van der Waals surface area contributed by atoms with E-state index in [9.17, 15) is 0 Å². The number of pyridine rings is 1. The predicted octanol–water partition coefficient (Wildman–Crippen LogP) is 2.48. The lowest BCUT2D eigenvalue weighted by Gasteiger charge is -2.38. The lowest BCUT2D eigenvalue weighted by atomic mass is 9.98. The summed E-state index contributed by atoms with van der Waals surface area (Å²) in [5.74, 6) is 0. The Bertz CT molecular complexity index is 643. The molecule has 1 aromatic heterocycles. The average Bonchev–Trinajstić information content (AvgIpc) is 2.55. The van der Waals surface area contributed by atoms with E-state index in [2.05, 4.69) is 40.2 Å². The Labute approximate surface area is 132 Å². The van der Waals surface area contributed by atoms with Gasteiger partial charge in [0.1, 0.15) is 0 Å². The number of nitrogens with two attached hydrogens (primary N) is 1. The van der Waals surface area contributed by atoms with E-state index < -0.39 is 0 Å². The SMILES string of the molecule is COC1CCN(Cc2ccc3nc(C)ccc3c2)C(CN)C1. The first-order valence-corrected chi connectivity index (χ1v) is 8.03. The van der Waals surface area contributed by atoms with Gasteiger partial charge < -0.3 is 10.5 Å². The number of likely N-dealkylation sites (tertiary alicyclic amines) is 1. The highest BCUT2D eigenvalue weighted by molar-refractivity contribution is 5.79. The van der Waals surface area contributed by atoms with Crippen LogP contribution >= 0.6 is 0 Å². The topological polar surface area (TPSA) is 51.4 Å². The Balaban J connectivity index is 1.76. The molecule has 118 valence electrons. The summed E-state index contributed by atoms with van der Waals surface area (Å²) in [6.45, 7) is 4.71. The van der Waals surface area contributed by atoms with E-state index in [1.54, 1.807) is 7.11 Å². The number of hydrogen-bond acceptors (Lipinski definition) is 4. The summed E-state index contributed by atoms with van der Waals surface area (Å²) in [7, 11) is 1.80. The Morgan fingerprint density at radius 3 is 2.95 bits per heavy atom. The van der Waals surface area contributed by atoms with Crippen molar-refractivity contribution in [3.8, 4) is 0 Å². The van der Waals surface area contributed by atoms with E-state index in [-0.39, 0.29) is 0 Å². The second kappa shape index (κ2) is 6.73. The van der Waals surface area contributed by atoms with Gasteiger partial charge in [0.25, 0.3) is 0 Å². The third-order valence-corrected chi connectivity index (χ3v) is 4.67. The van der Waals surface area contributed by atoms with E-state index in [1.165, 1.54) is 10.9 Å². The fourth-order valence-electron chi connectivity index (χ4n) is 3.34. The van der Waals surface area contributed by atoms with Crippen molar-refractivity contribution in [3.63, 3.8) is 0 Å². The molecule has 1 aromatic carbocycles. The van der Waals surface area contributed by atoms with Crippen molar-refractivity contribution in [3.05, 3.63) is 41.6 Å². The van der Waals surface area contributed by atoms with E-state index in [4.69, 9.17) is 10.5 Å². The van der Waals surface area contributed by atoms with E-state index in [1.807, 2.05) is 6.92 Å². The zero-order valence-electron chi connectivity index (χ0n) is 13.5. The molecule has 3 rings (SSSR count). The Hall–Kier alpha value is -1.49. The first kappa shape index (κ1) is 15.4. The lowest BCUT2D eigenvalue weighted by Crippen LogP contribution is -2.47. The number of nitrogens with zero attached hydrogens (tertiary/aromatic N) is 2. The maximum atomic E-state index is 5.96. The minimum absolute atomic E-state index is 0.355. The van der Waals surface area contributed by atoms with Crippen LogP contribution < -0.4 is 5.73 Å². The largest absolute Gasteiger partial charge is 0.381 e. The molecule has 0 aliphatic carbocycles. The number of fused-ring (bicyclic) bond motifs is 1. The van der Waals surface area contributed by atoms with Crippen LogP contribution in [0.15, 0.2) is 30.3 Å². The average molecular weight is 299 g/mol. The van der Waals surface area contributed by atoms with Crippen LogP contribution in [-0.2, 0) is 11.3 Å². The molecule has 2 unspecified atom stereocenters. The predicted molar refractivity (Wildman–Crippen MR) is 89.8 cm³/mol. The molecule has 0 amide bonds. The summed E-state index contributed by atoms with van der Waals surface area (Å²) in [4.78, 5) is 7.05. The minimum Gasteiger partial charge on any atom is -0.381 e. The summed E-state index contributed by atoms with van der Waals surface area (Å²) in [6.07, 6.45) is 2.47. The minimum atomic E-state index is 0.355. The summed E-state index contributed by atoms with van der Waals surface area (Å²) in [5, 5.41) is 1.21. The summed E-state index contributed by atoms with van der Waals surface area (Å²) < 4.78 is 5.50. The molecule has 2 N–H and O–H groups in total. The van der Waals surface area contributed by atoms with Gasteiger partial charge in [0.15, 0.2) is 0 Å². The Kier molecular flexibility index (Phi) is 4.71. The number of piperidine rings is 1. The molecule has 4 nitrogen and oxygen atoms in total. The molecule has 0 saturated carbocycles. The molecule has 1 saturated heterocycles. The fourth-order valence-corrected chi connectivity index (χ4v) is 3.34. The van der Waals surface area contributed by atoms with E-state index >= 15 is 0 Å². The van der Waals surface area contributed by atoms with Crippen molar-refractivity contribution >= 4 is 10.9 Å². The van der Waals surface area contributed by atoms with Crippen molar-refractivity contribution in [2.75, 3.05) is 20.2 Å². The van der Waals surface area contributed by atoms with Crippen molar-refractivity contribution in [1.82, 2.24) is 9.88 Å². The van der Waals surface area contributed by atoms with Gasteiger partial charge in [-0.15, -0.1) is 0 Å². The zero-order valence-corrected chi connectivity index (χ0v) is 13.5. The van der Waals surface area contributed by atoms with Gasteiger partial charge in [-0.25, -0.2) is 0 Å². The Morgan fingerprint density at radius 2 is 2.18 bits per heavy atom. The highest BCUT2D eigenvalue weighted by Gasteiger charge is 2.27. The molecule has 0 bridgehead atoms. The molecule has 1 aliphatic heterocycles. The number of aryl methyl sites for hydroxylation is 1. The summed E-state index contributed by atoms with van der Waals surface area (Å²) in [5.41, 5.74) is 9.42. The van der Waals surface area contributed by atoms with Gasteiger partial charge in [-0.2, -0.15) is 0 Å². The molecule has 2 heterocycles. The first-order chi connectivity index (χ1) is 10.7. The standard InChI is InChI=1S/C18H25N3O/c1-13-3-5-15-9-14(4-6-18(15)20-13)12-21-8-7-17(22-2)10-16(21)11-19/h3-6,9,16-17H,7-8,10-12,19H2,1-2H3. The van der Waals surface area contributed by atoms with Gasteiger partial charge in [0.2, 0.25) is 0 Å². The van der Waals surface area contributed by atoms with Crippen molar-refractivity contribution in [2.45, 2.75) is 38.5 Å². The van der Waals surface area contributed by atoms with Crippen molar-refractivity contribution < 1.29 is 4.74 Å². The first-order valence-electron chi connectivity index (χ1n) is 8.03. The summed E-state index contributed by atoms with van der Waals surface area (Å²) in [6, 6.07) is 11.2. The molecule has 0 spiro atoms. The van der Waals surface area contributed by atoms with Crippen molar-refractivity contribution in [2.24, 2.45) is 5.73 Å². The highest BCUT2D eigenvalue weighted by Crippen LogP contribution is 2.23. The van der Waals surface area contributed by atoms with Gasteiger partial charge in [0, 0.05) is 43.9 Å². The highest BCUT2D eigenvalue weighted by atomic mass is 16.5. The fraction of sp³-hybridized carbons (Fsp3) is 0.500. The molecule has 22 heavy (non-hydrogen) atoms. The number of methoxy groups -OCH3 is 1. The van der Waals surface area contributed by atoms with Gasteiger partial charge in [0.05, 0.1) is 11.6 Å². The van der Waals surface area contributed by atoms with Crippen LogP contribution in [0.4, 0.5) is 0 Å². The quantitative estimate of drug-likeness (QED) is 0.942. The van der Waals surface area contributed by atoms with Crippen LogP contribution in [0.1, 0.15) is 24.1 Å². The molecule has 1 fully saturated rings. The van der Waals surface area contributed by atoms with Gasteiger partial charge >= 0.3 is 0 Å². The molecular weight excluding hydrogens is 274 g/mol. The third kappa shape index (κ3) is 3.29.